The highest BCUT2D eigenvalue weighted by Crippen LogP contribution is 2.21. The second kappa shape index (κ2) is 7.31. The van der Waals surface area contributed by atoms with E-state index in [-0.39, 0.29) is 23.6 Å². The number of carbonyl (C=O) groups is 2. The average Bonchev–Trinajstić information content (AvgIpc) is 2.54. The van der Waals surface area contributed by atoms with Gasteiger partial charge in [0.15, 0.2) is 6.61 Å². The highest BCUT2D eigenvalue weighted by atomic mass is 16.5. The van der Waals surface area contributed by atoms with Crippen LogP contribution in [0.3, 0.4) is 0 Å². The predicted molar refractivity (Wildman–Crippen MR) is 85.0 cm³/mol. The molecule has 0 saturated carbocycles. The van der Waals surface area contributed by atoms with E-state index in [1.807, 2.05) is 25.1 Å². The van der Waals surface area contributed by atoms with E-state index < -0.39 is 11.9 Å². The lowest BCUT2D eigenvalue weighted by atomic mass is 10.2. The molecular formula is C17H17NO5. The molecule has 3 N–H and O–H groups in total. The Kier molecular flexibility index (Phi) is 5.19. The van der Waals surface area contributed by atoms with Crippen LogP contribution >= 0.6 is 0 Å². The Hall–Kier alpha value is -3.02. The van der Waals surface area contributed by atoms with Crippen molar-refractivity contribution in [2.24, 2.45) is 0 Å². The maximum atomic E-state index is 11.9. The zero-order valence-electron chi connectivity index (χ0n) is 12.6. The smallest absolute Gasteiger partial charge is 0.339 e. The summed E-state index contributed by atoms with van der Waals surface area (Å²) in [5, 5.41) is 20.9. The minimum atomic E-state index is -1.27. The van der Waals surface area contributed by atoms with E-state index in [1.54, 1.807) is 6.07 Å². The SMILES string of the molecule is CCc1cccc(OCC(=O)Nc2ccc(O)c(C(=O)O)c2)c1. The van der Waals surface area contributed by atoms with Crippen LogP contribution in [0.25, 0.3) is 0 Å². The first kappa shape index (κ1) is 16.4. The number of hydrogen-bond acceptors (Lipinski definition) is 4. The van der Waals surface area contributed by atoms with Gasteiger partial charge in [-0.1, -0.05) is 19.1 Å². The standard InChI is InChI=1S/C17H17NO5/c1-2-11-4-3-5-13(8-11)23-10-16(20)18-12-6-7-15(19)14(9-12)17(21)22/h3-9,19H,2,10H2,1H3,(H,18,20)(H,21,22). The van der Waals surface area contributed by atoms with E-state index >= 15 is 0 Å². The number of anilines is 1. The molecule has 2 rings (SSSR count). The largest absolute Gasteiger partial charge is 0.507 e. The number of carboxylic acids is 1. The van der Waals surface area contributed by atoms with Gasteiger partial charge < -0.3 is 20.3 Å². The molecule has 0 radical (unpaired) electrons. The Labute approximate surface area is 133 Å². The van der Waals surface area contributed by atoms with Crippen LogP contribution in [0.5, 0.6) is 11.5 Å². The summed E-state index contributed by atoms with van der Waals surface area (Å²) >= 11 is 0. The number of aryl methyl sites for hydroxylation is 1. The fraction of sp³-hybridized carbons (Fsp3) is 0.176. The number of hydrogen-bond donors (Lipinski definition) is 3. The van der Waals surface area contributed by atoms with Gasteiger partial charge in [0.05, 0.1) is 0 Å². The van der Waals surface area contributed by atoms with Crippen molar-refractivity contribution in [3.63, 3.8) is 0 Å². The van der Waals surface area contributed by atoms with Gasteiger partial charge in [-0.15, -0.1) is 0 Å². The lowest BCUT2D eigenvalue weighted by Gasteiger charge is -2.09. The molecule has 0 saturated heterocycles. The fourth-order valence-corrected chi connectivity index (χ4v) is 1.99. The number of carboxylic acid groups (broad SMARTS) is 1. The third kappa shape index (κ3) is 4.47. The van der Waals surface area contributed by atoms with E-state index in [0.717, 1.165) is 12.0 Å². The molecule has 23 heavy (non-hydrogen) atoms. The maximum absolute atomic E-state index is 11.9. The first-order chi connectivity index (χ1) is 11.0. The van der Waals surface area contributed by atoms with Crippen molar-refractivity contribution in [3.05, 3.63) is 53.6 Å². The number of nitrogens with one attached hydrogen (secondary N) is 1. The molecule has 0 heterocycles. The lowest BCUT2D eigenvalue weighted by Crippen LogP contribution is -2.20. The average molecular weight is 315 g/mol. The van der Waals surface area contributed by atoms with E-state index in [0.29, 0.717) is 5.75 Å². The van der Waals surface area contributed by atoms with Gasteiger partial charge in [0.2, 0.25) is 0 Å². The summed E-state index contributed by atoms with van der Waals surface area (Å²) in [6.07, 6.45) is 0.870. The van der Waals surface area contributed by atoms with Crippen LogP contribution in [0, 0.1) is 0 Å². The van der Waals surface area contributed by atoms with Crippen molar-refractivity contribution in [1.82, 2.24) is 0 Å². The molecule has 0 fully saturated rings. The monoisotopic (exact) mass is 315 g/mol. The van der Waals surface area contributed by atoms with Crippen molar-refractivity contribution < 1.29 is 24.5 Å². The molecule has 0 atom stereocenters. The van der Waals surface area contributed by atoms with Crippen molar-refractivity contribution >= 4 is 17.6 Å². The van der Waals surface area contributed by atoms with E-state index in [4.69, 9.17) is 9.84 Å². The van der Waals surface area contributed by atoms with Crippen LogP contribution in [0.4, 0.5) is 5.69 Å². The van der Waals surface area contributed by atoms with Gasteiger partial charge in [0.1, 0.15) is 17.1 Å². The predicted octanol–water partition coefficient (Wildman–Crippen LogP) is 2.67. The minimum Gasteiger partial charge on any atom is -0.507 e. The molecule has 0 unspecified atom stereocenters. The Balaban J connectivity index is 1.97. The normalized spacial score (nSPS) is 10.1. The molecule has 6 nitrogen and oxygen atoms in total. The van der Waals surface area contributed by atoms with Crippen LogP contribution in [-0.4, -0.2) is 28.7 Å². The van der Waals surface area contributed by atoms with E-state index in [9.17, 15) is 14.7 Å². The summed E-state index contributed by atoms with van der Waals surface area (Å²) in [6, 6.07) is 11.3. The zero-order valence-corrected chi connectivity index (χ0v) is 12.6. The summed E-state index contributed by atoms with van der Waals surface area (Å²) in [7, 11) is 0. The number of carbonyl (C=O) groups excluding carboxylic acids is 1. The second-order valence-corrected chi connectivity index (χ2v) is 4.87. The van der Waals surface area contributed by atoms with Gasteiger partial charge in [0.25, 0.3) is 5.91 Å². The van der Waals surface area contributed by atoms with Gasteiger partial charge in [-0.25, -0.2) is 4.79 Å². The lowest BCUT2D eigenvalue weighted by molar-refractivity contribution is -0.118. The van der Waals surface area contributed by atoms with E-state index in [1.165, 1.54) is 18.2 Å². The quantitative estimate of drug-likeness (QED) is 0.712. The van der Waals surface area contributed by atoms with Crippen molar-refractivity contribution in [2.45, 2.75) is 13.3 Å². The summed E-state index contributed by atoms with van der Waals surface area (Å²) in [4.78, 5) is 22.8. The highest BCUT2D eigenvalue weighted by Gasteiger charge is 2.11. The van der Waals surface area contributed by atoms with Crippen LogP contribution < -0.4 is 10.1 Å². The molecule has 0 spiro atoms. The molecule has 0 aliphatic heterocycles. The van der Waals surface area contributed by atoms with Crippen LogP contribution in [-0.2, 0) is 11.2 Å². The van der Waals surface area contributed by atoms with Crippen LogP contribution in [0.15, 0.2) is 42.5 Å². The highest BCUT2D eigenvalue weighted by molar-refractivity contribution is 5.96. The molecule has 0 aliphatic carbocycles. The topological polar surface area (TPSA) is 95.9 Å². The third-order valence-corrected chi connectivity index (χ3v) is 3.19. The van der Waals surface area contributed by atoms with E-state index in [2.05, 4.69) is 5.32 Å². The third-order valence-electron chi connectivity index (χ3n) is 3.19. The molecule has 2 aromatic rings. The zero-order chi connectivity index (χ0) is 16.8. The summed E-state index contributed by atoms with van der Waals surface area (Å²) in [5.74, 6) is -1.46. The Morgan fingerprint density at radius 2 is 1.96 bits per heavy atom. The van der Waals surface area contributed by atoms with Gasteiger partial charge in [-0.05, 0) is 42.3 Å². The number of phenols is 1. The molecule has 0 aliphatic rings. The molecule has 1 amide bonds. The minimum absolute atomic E-state index is 0.198. The second-order valence-electron chi connectivity index (χ2n) is 4.87. The number of benzene rings is 2. The molecule has 2 aromatic carbocycles. The number of aromatic carboxylic acids is 1. The van der Waals surface area contributed by atoms with Crippen molar-refractivity contribution in [1.29, 1.82) is 0 Å². The first-order valence-electron chi connectivity index (χ1n) is 7.07. The maximum Gasteiger partial charge on any atom is 0.339 e. The van der Waals surface area contributed by atoms with Gasteiger partial charge in [-0.2, -0.15) is 0 Å². The Bertz CT molecular complexity index is 727. The van der Waals surface area contributed by atoms with Crippen LogP contribution in [0.1, 0.15) is 22.8 Å². The van der Waals surface area contributed by atoms with Gasteiger partial charge in [0, 0.05) is 5.69 Å². The molecule has 0 aromatic heterocycles. The van der Waals surface area contributed by atoms with Crippen LogP contribution in [0.2, 0.25) is 0 Å². The first-order valence-corrected chi connectivity index (χ1v) is 7.07. The van der Waals surface area contributed by atoms with Gasteiger partial charge in [-0.3, -0.25) is 4.79 Å². The Morgan fingerprint density at radius 3 is 2.65 bits per heavy atom. The summed E-state index contributed by atoms with van der Waals surface area (Å²) in [6.45, 7) is 1.83. The van der Waals surface area contributed by atoms with Crippen molar-refractivity contribution in [2.75, 3.05) is 11.9 Å². The number of amides is 1. The molecule has 0 bridgehead atoms. The van der Waals surface area contributed by atoms with Crippen molar-refractivity contribution in [3.8, 4) is 11.5 Å². The number of rotatable bonds is 6. The van der Waals surface area contributed by atoms with Gasteiger partial charge >= 0.3 is 5.97 Å². The number of aromatic hydroxyl groups is 1. The summed E-state index contributed by atoms with van der Waals surface area (Å²) < 4.78 is 5.41. The molecular weight excluding hydrogens is 298 g/mol. The molecule has 6 heteroatoms. The molecule has 120 valence electrons. The summed E-state index contributed by atoms with van der Waals surface area (Å²) in [5.41, 5.74) is 1.10. The number of ether oxygens (including phenoxy) is 1. The fourth-order valence-electron chi connectivity index (χ4n) is 1.99. The Morgan fingerprint density at radius 1 is 1.17 bits per heavy atom.